The van der Waals surface area contributed by atoms with E-state index in [0.29, 0.717) is 10.8 Å². The molecular formula is C11H8BrClN6. The summed E-state index contributed by atoms with van der Waals surface area (Å²) >= 11 is 9.65. The molecule has 2 aromatic heterocycles. The van der Waals surface area contributed by atoms with Gasteiger partial charge in [0.05, 0.1) is 29.5 Å². The normalized spacial score (nSPS) is 10.9. The predicted molar refractivity (Wildman–Crippen MR) is 74.1 cm³/mol. The highest BCUT2D eigenvalue weighted by Gasteiger charge is 2.16. The molecule has 3 aromatic rings. The molecule has 0 aliphatic rings. The van der Waals surface area contributed by atoms with Crippen LogP contribution in [-0.2, 0) is 7.05 Å². The molecule has 1 aromatic carbocycles. The quantitative estimate of drug-likeness (QED) is 0.719. The van der Waals surface area contributed by atoms with Crippen LogP contribution < -0.4 is 0 Å². The third-order valence-corrected chi connectivity index (χ3v) is 3.62. The van der Waals surface area contributed by atoms with E-state index in [1.807, 2.05) is 24.3 Å². The van der Waals surface area contributed by atoms with Crippen LogP contribution in [0.4, 0.5) is 0 Å². The summed E-state index contributed by atoms with van der Waals surface area (Å²) in [5.74, 6) is 0.507. The Kier molecular flexibility index (Phi) is 3.08. The molecule has 0 N–H and O–H groups in total. The third kappa shape index (κ3) is 2.15. The van der Waals surface area contributed by atoms with Crippen LogP contribution in [0.5, 0.6) is 0 Å². The van der Waals surface area contributed by atoms with Crippen molar-refractivity contribution in [1.82, 2.24) is 30.0 Å². The number of halogens is 2. The van der Waals surface area contributed by atoms with Crippen LogP contribution in [0.15, 0.2) is 35.1 Å². The molecular weight excluding hydrogens is 332 g/mol. The number of rotatable bonds is 2. The molecule has 3 rings (SSSR count). The Morgan fingerprint density at radius 3 is 2.74 bits per heavy atom. The number of aromatic nitrogens is 6. The summed E-state index contributed by atoms with van der Waals surface area (Å²) in [7, 11) is 1.71. The minimum absolute atomic E-state index is 0.507. The van der Waals surface area contributed by atoms with Gasteiger partial charge in [-0.2, -0.15) is 9.90 Å². The van der Waals surface area contributed by atoms with Crippen molar-refractivity contribution >= 4 is 27.5 Å². The molecule has 0 radical (unpaired) electrons. The zero-order chi connectivity index (χ0) is 13.4. The minimum atomic E-state index is 0.507. The van der Waals surface area contributed by atoms with Crippen LogP contribution >= 0.6 is 27.5 Å². The van der Waals surface area contributed by atoms with Gasteiger partial charge in [-0.15, -0.1) is 10.2 Å². The molecule has 0 bridgehead atoms. The Hall–Kier alpha value is -1.73. The number of tetrazole rings is 1. The molecule has 19 heavy (non-hydrogen) atoms. The fourth-order valence-corrected chi connectivity index (χ4v) is 2.44. The lowest BCUT2D eigenvalue weighted by Gasteiger charge is -2.05. The highest BCUT2D eigenvalue weighted by molar-refractivity contribution is 9.10. The number of nitrogens with zero attached hydrogens (tertiary/aromatic N) is 6. The molecule has 0 amide bonds. The lowest BCUT2D eigenvalue weighted by molar-refractivity contribution is 0.630. The fraction of sp³-hybridized carbons (Fsp3) is 0.0909. The van der Waals surface area contributed by atoms with Gasteiger partial charge in [0.2, 0.25) is 5.82 Å². The Labute approximate surface area is 122 Å². The maximum absolute atomic E-state index is 6.16. The largest absolute Gasteiger partial charge is 0.224 e. The second kappa shape index (κ2) is 4.75. The van der Waals surface area contributed by atoms with Gasteiger partial charge in [-0.3, -0.25) is 0 Å². The summed E-state index contributed by atoms with van der Waals surface area (Å²) in [4.78, 5) is 1.40. The molecule has 8 heteroatoms. The average Bonchev–Trinajstić information content (AvgIpc) is 2.97. The van der Waals surface area contributed by atoms with Gasteiger partial charge >= 0.3 is 0 Å². The zero-order valence-corrected chi connectivity index (χ0v) is 12.2. The number of benzene rings is 1. The van der Waals surface area contributed by atoms with Gasteiger partial charge in [-0.1, -0.05) is 23.7 Å². The topological polar surface area (TPSA) is 61.4 Å². The van der Waals surface area contributed by atoms with Crippen molar-refractivity contribution in [2.45, 2.75) is 0 Å². The van der Waals surface area contributed by atoms with E-state index < -0.39 is 0 Å². The Morgan fingerprint density at radius 1 is 1.26 bits per heavy atom. The highest BCUT2D eigenvalue weighted by atomic mass is 79.9. The summed E-state index contributed by atoms with van der Waals surface area (Å²) in [5.41, 5.74) is 1.54. The van der Waals surface area contributed by atoms with Crippen molar-refractivity contribution in [1.29, 1.82) is 0 Å². The highest BCUT2D eigenvalue weighted by Crippen LogP contribution is 2.29. The molecule has 6 nitrogen and oxygen atoms in total. The van der Waals surface area contributed by atoms with Crippen LogP contribution in [0.1, 0.15) is 0 Å². The second-order valence-electron chi connectivity index (χ2n) is 3.81. The molecule has 0 atom stereocenters. The Bertz CT molecular complexity index is 734. The third-order valence-electron chi connectivity index (χ3n) is 2.54. The Morgan fingerprint density at radius 2 is 2.05 bits per heavy atom. The molecule has 96 valence electrons. The monoisotopic (exact) mass is 338 g/mol. The van der Waals surface area contributed by atoms with Crippen LogP contribution in [0, 0.1) is 0 Å². The number of hydrogen-bond acceptors (Lipinski definition) is 4. The smallest absolute Gasteiger partial charge is 0.209 e. The molecule has 0 saturated carbocycles. The summed E-state index contributed by atoms with van der Waals surface area (Å²) in [5, 5.41) is 16.8. The number of aryl methyl sites for hydroxylation is 1. The van der Waals surface area contributed by atoms with Gasteiger partial charge in [0.25, 0.3) is 0 Å². The van der Waals surface area contributed by atoms with Gasteiger partial charge in [-0.05, 0) is 33.3 Å². The molecule has 0 saturated heterocycles. The van der Waals surface area contributed by atoms with Gasteiger partial charge in [0.1, 0.15) is 4.60 Å². The number of para-hydroxylation sites is 1. The molecule has 0 unspecified atom stereocenters. The van der Waals surface area contributed by atoms with E-state index in [1.165, 1.54) is 4.80 Å². The first-order valence-electron chi connectivity index (χ1n) is 5.39. The summed E-state index contributed by atoms with van der Waals surface area (Å²) in [6, 6.07) is 7.46. The van der Waals surface area contributed by atoms with Crippen molar-refractivity contribution in [2.75, 3.05) is 0 Å². The lowest BCUT2D eigenvalue weighted by atomic mass is 10.3. The van der Waals surface area contributed by atoms with E-state index in [9.17, 15) is 0 Å². The lowest BCUT2D eigenvalue weighted by Crippen LogP contribution is -1.97. The predicted octanol–water partition coefficient (Wildman–Crippen LogP) is 2.48. The van der Waals surface area contributed by atoms with Crippen molar-refractivity contribution in [3.63, 3.8) is 0 Å². The zero-order valence-electron chi connectivity index (χ0n) is 9.83. The van der Waals surface area contributed by atoms with Gasteiger partial charge in [0, 0.05) is 0 Å². The SMILES string of the molecule is Cn1nnc(-c2cnn(-c3ccccc3Cl)c2Br)n1. The molecule has 0 spiro atoms. The minimum Gasteiger partial charge on any atom is -0.224 e. The summed E-state index contributed by atoms with van der Waals surface area (Å²) in [6.45, 7) is 0. The van der Waals surface area contributed by atoms with Crippen molar-refractivity contribution in [2.24, 2.45) is 7.05 Å². The van der Waals surface area contributed by atoms with Crippen LogP contribution in [-0.4, -0.2) is 30.0 Å². The van der Waals surface area contributed by atoms with Crippen LogP contribution in [0.2, 0.25) is 5.02 Å². The Balaban J connectivity index is 2.12. The van der Waals surface area contributed by atoms with E-state index in [4.69, 9.17) is 11.6 Å². The molecule has 0 aliphatic carbocycles. The first-order valence-corrected chi connectivity index (χ1v) is 6.56. The van der Waals surface area contributed by atoms with Gasteiger partial charge in [-0.25, -0.2) is 4.68 Å². The summed E-state index contributed by atoms with van der Waals surface area (Å²) in [6.07, 6.45) is 1.67. The van der Waals surface area contributed by atoms with E-state index in [0.717, 1.165) is 15.9 Å². The standard InChI is InChI=1S/C11H8BrClN6/c1-18-16-11(15-17-18)7-6-14-19(10(7)12)9-5-3-2-4-8(9)13/h2-6H,1H3. The van der Waals surface area contributed by atoms with Gasteiger partial charge < -0.3 is 0 Å². The van der Waals surface area contributed by atoms with E-state index in [-0.39, 0.29) is 0 Å². The first kappa shape index (κ1) is 12.3. The molecule has 0 aliphatic heterocycles. The van der Waals surface area contributed by atoms with Gasteiger partial charge in [0.15, 0.2) is 0 Å². The second-order valence-corrected chi connectivity index (χ2v) is 4.97. The van der Waals surface area contributed by atoms with E-state index in [2.05, 4.69) is 36.4 Å². The maximum Gasteiger partial charge on any atom is 0.209 e. The fourth-order valence-electron chi connectivity index (χ4n) is 1.67. The van der Waals surface area contributed by atoms with Crippen molar-refractivity contribution in [3.05, 3.63) is 40.1 Å². The molecule has 0 fully saturated rings. The summed E-state index contributed by atoms with van der Waals surface area (Å²) < 4.78 is 2.42. The van der Waals surface area contributed by atoms with E-state index in [1.54, 1.807) is 17.9 Å². The first-order chi connectivity index (χ1) is 9.16. The van der Waals surface area contributed by atoms with E-state index >= 15 is 0 Å². The van der Waals surface area contributed by atoms with Crippen molar-refractivity contribution < 1.29 is 0 Å². The van der Waals surface area contributed by atoms with Crippen LogP contribution in [0.25, 0.3) is 17.1 Å². The van der Waals surface area contributed by atoms with Crippen molar-refractivity contribution in [3.8, 4) is 17.1 Å². The average molecular weight is 340 g/mol. The molecule has 2 heterocycles. The number of hydrogen-bond donors (Lipinski definition) is 0. The maximum atomic E-state index is 6.16. The van der Waals surface area contributed by atoms with Crippen LogP contribution in [0.3, 0.4) is 0 Å².